The van der Waals surface area contributed by atoms with Crippen molar-refractivity contribution < 1.29 is 8.83 Å². The van der Waals surface area contributed by atoms with Gasteiger partial charge in [0.15, 0.2) is 0 Å². The Morgan fingerprint density at radius 3 is 1.50 bits per heavy atom. The molecule has 2 aliphatic heterocycles. The van der Waals surface area contributed by atoms with Crippen molar-refractivity contribution in [2.75, 3.05) is 14.6 Å². The van der Waals surface area contributed by atoms with Crippen LogP contribution in [0.4, 0.5) is 45.5 Å². The molecule has 16 rings (SSSR count). The van der Waals surface area contributed by atoms with Crippen molar-refractivity contribution in [1.82, 2.24) is 0 Å². The number of para-hydroxylation sites is 2. The van der Waals surface area contributed by atoms with Gasteiger partial charge in [0.2, 0.25) is 0 Å². The lowest BCUT2D eigenvalue weighted by atomic mass is 9.43. The van der Waals surface area contributed by atoms with Gasteiger partial charge in [-0.05, 0) is 152 Å². The summed E-state index contributed by atoms with van der Waals surface area (Å²) < 4.78 is 14.2. The summed E-state index contributed by atoms with van der Waals surface area (Å²) in [7, 11) is 0. The summed E-state index contributed by atoms with van der Waals surface area (Å²) in [4.78, 5) is 7.64. The van der Waals surface area contributed by atoms with Crippen LogP contribution in [-0.4, -0.2) is 6.85 Å². The second-order valence-electron chi connectivity index (χ2n) is 25.2. The topological polar surface area (TPSA) is 36.0 Å². The molecule has 0 atom stereocenters. The van der Waals surface area contributed by atoms with Crippen LogP contribution < -0.4 is 25.5 Å². The van der Waals surface area contributed by atoms with E-state index in [2.05, 4.69) is 323 Å². The zero-order valence-corrected chi connectivity index (χ0v) is 49.1. The van der Waals surface area contributed by atoms with E-state index in [-0.39, 0.29) is 17.7 Å². The number of hydrogen-bond donors (Lipinski definition) is 0. The van der Waals surface area contributed by atoms with Gasteiger partial charge in [-0.25, -0.2) is 0 Å². The van der Waals surface area contributed by atoms with E-state index in [9.17, 15) is 0 Å². The molecule has 12 aromatic carbocycles. The van der Waals surface area contributed by atoms with Crippen LogP contribution in [0, 0.1) is 0 Å². The van der Waals surface area contributed by atoms with Gasteiger partial charge >= 0.3 is 6.85 Å². The molecule has 0 aliphatic carbocycles. The minimum Gasteiger partial charge on any atom is -0.456 e. The predicted octanol–water partition coefficient (Wildman–Crippen LogP) is 21.3. The van der Waals surface area contributed by atoms with E-state index in [0.717, 1.165) is 123 Å². The minimum absolute atomic E-state index is 0.0458. The molecule has 0 saturated carbocycles. The highest BCUT2D eigenvalue weighted by atomic mass is 16.3. The molecule has 6 heteroatoms. The highest BCUT2D eigenvalue weighted by Gasteiger charge is 2.48. The van der Waals surface area contributed by atoms with Gasteiger partial charge in [-0.2, -0.15) is 0 Å². The fourth-order valence-corrected chi connectivity index (χ4v) is 13.6. The molecule has 14 aromatic rings. The highest BCUT2D eigenvalue weighted by molar-refractivity contribution is 6.94. The molecule has 0 radical (unpaired) electrons. The van der Waals surface area contributed by atoms with Gasteiger partial charge < -0.3 is 23.4 Å². The Morgan fingerprint density at radius 1 is 0.360 bits per heavy atom. The van der Waals surface area contributed by atoms with Crippen molar-refractivity contribution >= 4 is 107 Å². The van der Waals surface area contributed by atoms with Gasteiger partial charge in [0.25, 0.3) is 0 Å². The van der Waals surface area contributed by atoms with Crippen molar-refractivity contribution in [3.63, 3.8) is 0 Å². The van der Waals surface area contributed by atoms with Crippen LogP contribution in [0.25, 0.3) is 88.4 Å². The van der Waals surface area contributed by atoms with Crippen LogP contribution in [0.15, 0.2) is 276 Å². The summed E-state index contributed by atoms with van der Waals surface area (Å²) >= 11 is 0. The van der Waals surface area contributed by atoms with Crippen LogP contribution in [0.2, 0.25) is 0 Å². The van der Waals surface area contributed by atoms with Gasteiger partial charge in [0.1, 0.15) is 22.3 Å². The smallest absolute Gasteiger partial charge is 0.333 e. The van der Waals surface area contributed by atoms with Crippen LogP contribution in [-0.2, 0) is 10.8 Å². The van der Waals surface area contributed by atoms with E-state index in [0.29, 0.717) is 0 Å². The summed E-state index contributed by atoms with van der Waals surface area (Å²) in [6.45, 7) is 13.5. The van der Waals surface area contributed by atoms with Crippen molar-refractivity contribution in [1.29, 1.82) is 0 Å². The first kappa shape index (κ1) is 51.4. The molecule has 412 valence electrons. The maximum absolute atomic E-state index is 7.33. The van der Waals surface area contributed by atoms with Gasteiger partial charge in [0, 0.05) is 78.0 Å². The third-order valence-corrected chi connectivity index (χ3v) is 18.0. The van der Waals surface area contributed by atoms with Crippen molar-refractivity contribution in [3.8, 4) is 44.5 Å². The van der Waals surface area contributed by atoms with E-state index < -0.39 is 0 Å². The minimum atomic E-state index is -0.320. The molecule has 0 fully saturated rings. The third kappa shape index (κ3) is 8.30. The van der Waals surface area contributed by atoms with Crippen LogP contribution in [0.5, 0.6) is 0 Å². The average Bonchev–Trinajstić information content (AvgIpc) is 1.15. The fraction of sp³-hybridized carbons (Fsp3) is 0.100. The molecular formula is C80H62BN3O2. The Balaban J connectivity index is 1.03. The Bertz CT molecular complexity index is 4860. The standard InChI is InChI=1S/C80H62BN3O2/c1-79(2,3)56-34-41-60(42-35-56)84-68-46-47-73-74(63-27-17-19-29-72(63)85-73)75(68)76-77-70(50-65-62-26-16-18-28-71(62)86-78(65)76)83(67-45-36-57(80(4,5)6)48-64(67)55-24-14-9-15-25-55)69-49-61(43-44-66(69)81(77)84)82(58-37-30-53(31-38-58)51-20-10-7-11-21-51)59-39-32-54(33-40-59)52-22-12-8-13-23-52/h7-50H,1-6H3. The first-order valence-corrected chi connectivity index (χ1v) is 30.0. The van der Waals surface area contributed by atoms with Crippen molar-refractivity contribution in [3.05, 3.63) is 278 Å². The number of rotatable bonds is 8. The largest absolute Gasteiger partial charge is 0.456 e. The zero-order valence-electron chi connectivity index (χ0n) is 49.1. The van der Waals surface area contributed by atoms with Crippen molar-refractivity contribution in [2.45, 2.75) is 52.4 Å². The van der Waals surface area contributed by atoms with Gasteiger partial charge in [-0.1, -0.05) is 217 Å². The molecule has 0 spiro atoms. The molecule has 5 nitrogen and oxygen atoms in total. The molecule has 0 saturated heterocycles. The number of anilines is 8. The summed E-state index contributed by atoms with van der Waals surface area (Å²) in [5.41, 5.74) is 25.9. The lowest BCUT2D eigenvalue weighted by Gasteiger charge is -2.46. The van der Waals surface area contributed by atoms with E-state index in [4.69, 9.17) is 8.83 Å². The molecular weight excluding hydrogens is 1050 g/mol. The van der Waals surface area contributed by atoms with Crippen molar-refractivity contribution in [2.24, 2.45) is 0 Å². The summed E-state index contributed by atoms with van der Waals surface area (Å²) in [6, 6.07) is 98.1. The van der Waals surface area contributed by atoms with Gasteiger partial charge in [-0.15, -0.1) is 0 Å². The van der Waals surface area contributed by atoms with E-state index in [1.54, 1.807) is 0 Å². The molecule has 2 aromatic heterocycles. The average molecular weight is 1110 g/mol. The Labute approximate surface area is 502 Å². The first-order valence-electron chi connectivity index (χ1n) is 30.0. The van der Waals surface area contributed by atoms with E-state index in [1.165, 1.54) is 33.2 Å². The number of hydrogen-bond acceptors (Lipinski definition) is 5. The molecule has 0 N–H and O–H groups in total. The zero-order chi connectivity index (χ0) is 58.0. The molecule has 2 aliphatic rings. The maximum atomic E-state index is 7.33. The summed E-state index contributed by atoms with van der Waals surface area (Å²) in [6.07, 6.45) is 0. The Kier molecular flexibility index (Phi) is 11.7. The monoisotopic (exact) mass is 1110 g/mol. The molecule has 0 unspecified atom stereocenters. The lowest BCUT2D eigenvalue weighted by molar-refractivity contribution is 0.590. The van der Waals surface area contributed by atoms with Gasteiger partial charge in [-0.3, -0.25) is 0 Å². The highest BCUT2D eigenvalue weighted by Crippen LogP contribution is 2.55. The fourth-order valence-electron chi connectivity index (χ4n) is 13.6. The number of benzene rings is 12. The third-order valence-electron chi connectivity index (χ3n) is 18.0. The first-order chi connectivity index (χ1) is 41.9. The lowest BCUT2D eigenvalue weighted by Crippen LogP contribution is -2.61. The van der Waals surface area contributed by atoms with Crippen LogP contribution in [0.1, 0.15) is 52.7 Å². The molecule has 0 amide bonds. The van der Waals surface area contributed by atoms with Crippen LogP contribution >= 0.6 is 0 Å². The Hall–Kier alpha value is -10.3. The molecule has 86 heavy (non-hydrogen) atoms. The number of fused-ring (bicyclic) bond motifs is 12. The van der Waals surface area contributed by atoms with Gasteiger partial charge in [0.05, 0.1) is 5.69 Å². The molecule has 4 heterocycles. The summed E-state index contributed by atoms with van der Waals surface area (Å²) in [5, 5.41) is 4.27. The van der Waals surface area contributed by atoms with E-state index in [1.807, 2.05) is 0 Å². The Morgan fingerprint density at radius 2 is 0.884 bits per heavy atom. The van der Waals surface area contributed by atoms with Crippen LogP contribution in [0.3, 0.4) is 0 Å². The molecule has 0 bridgehead atoms. The predicted molar refractivity (Wildman–Crippen MR) is 363 cm³/mol. The number of nitrogens with zero attached hydrogens (tertiary/aromatic N) is 3. The SMILES string of the molecule is CC(C)(C)c1ccc(N2B3c4ccc(N(c5ccc(-c6ccccc6)cc5)c5ccc(-c6ccccc6)cc5)cc4N(c4ccc(C(C)(C)C)cc4-c4ccccc4)c4cc5c(oc6ccccc65)c(c43)-c3c2ccc2oc4ccccc4c32)cc1. The maximum Gasteiger partial charge on any atom is 0.333 e. The normalized spacial score (nSPS) is 12.9. The number of furan rings is 2. The quantitative estimate of drug-likeness (QED) is 0.142. The summed E-state index contributed by atoms with van der Waals surface area (Å²) in [5.74, 6) is 0. The van der Waals surface area contributed by atoms with E-state index >= 15 is 0 Å². The second-order valence-corrected chi connectivity index (χ2v) is 25.2. The second kappa shape index (κ2) is 19.7.